The molecule has 0 amide bonds. The van der Waals surface area contributed by atoms with E-state index >= 15 is 0 Å². The highest BCUT2D eigenvalue weighted by Gasteiger charge is 2.17. The van der Waals surface area contributed by atoms with E-state index in [1.165, 1.54) is 0 Å². The number of piperazine rings is 1. The third kappa shape index (κ3) is 2.66. The van der Waals surface area contributed by atoms with Crippen molar-refractivity contribution >= 4 is 17.0 Å². The number of nitrogens with one attached hydrogen (secondary N) is 1. The topological polar surface area (TPSA) is 70.4 Å². The Labute approximate surface area is 117 Å². The molecule has 0 unspecified atom stereocenters. The molecule has 20 heavy (non-hydrogen) atoms. The van der Waals surface area contributed by atoms with Gasteiger partial charge < -0.3 is 15.0 Å². The van der Waals surface area contributed by atoms with Crippen molar-refractivity contribution in [2.75, 3.05) is 26.2 Å². The molecule has 6 heteroatoms. The average molecular weight is 274 g/mol. The van der Waals surface area contributed by atoms with Gasteiger partial charge in [-0.3, -0.25) is 9.69 Å². The molecule has 1 aromatic carbocycles. The van der Waals surface area contributed by atoms with Crippen LogP contribution in [0, 0.1) is 0 Å². The van der Waals surface area contributed by atoms with Gasteiger partial charge in [0.2, 0.25) is 0 Å². The van der Waals surface area contributed by atoms with Crippen molar-refractivity contribution in [1.82, 2.24) is 19.8 Å². The first-order valence-corrected chi connectivity index (χ1v) is 6.83. The average Bonchev–Trinajstić information content (AvgIpc) is 2.78. The fourth-order valence-electron chi connectivity index (χ4n) is 2.63. The Morgan fingerprint density at radius 2 is 2.05 bits per heavy atom. The highest BCUT2D eigenvalue weighted by Crippen LogP contribution is 2.17. The Morgan fingerprint density at radius 1 is 1.30 bits per heavy atom. The van der Waals surface area contributed by atoms with Gasteiger partial charge in [0.05, 0.1) is 17.6 Å². The summed E-state index contributed by atoms with van der Waals surface area (Å²) in [6, 6.07) is 7.69. The number of nitrogens with zero attached hydrogens (tertiary/aromatic N) is 3. The molecule has 1 aliphatic heterocycles. The number of carboxylic acids is 1. The molecule has 0 spiro atoms. The minimum atomic E-state index is -0.838. The van der Waals surface area contributed by atoms with Crippen LogP contribution in [-0.2, 0) is 17.9 Å². The number of carboxylic acid groups (broad SMARTS) is 1. The van der Waals surface area contributed by atoms with E-state index in [-0.39, 0.29) is 6.54 Å². The van der Waals surface area contributed by atoms with E-state index in [4.69, 9.17) is 5.11 Å². The molecule has 2 aromatic rings. The maximum Gasteiger partial charge on any atom is 0.323 e. The summed E-state index contributed by atoms with van der Waals surface area (Å²) in [5.74, 6) is -0.00906. The number of carbonyl (C=O) groups is 1. The van der Waals surface area contributed by atoms with E-state index < -0.39 is 5.97 Å². The Hall–Kier alpha value is -1.92. The molecular weight excluding hydrogens is 256 g/mol. The summed E-state index contributed by atoms with van der Waals surface area (Å²) in [6.45, 7) is 4.54. The Bertz CT molecular complexity index is 617. The molecule has 0 atom stereocenters. The van der Waals surface area contributed by atoms with Crippen LogP contribution in [0.25, 0.3) is 11.0 Å². The SMILES string of the molecule is O=C(O)Cn1c(CN2CCNCC2)nc2ccccc21. The maximum atomic E-state index is 11.1. The van der Waals surface area contributed by atoms with E-state index in [1.807, 2.05) is 24.3 Å². The molecule has 2 N–H and O–H groups in total. The van der Waals surface area contributed by atoms with Gasteiger partial charge in [-0.1, -0.05) is 12.1 Å². The fraction of sp³-hybridized carbons (Fsp3) is 0.429. The molecule has 106 valence electrons. The molecule has 1 saturated heterocycles. The molecule has 6 nitrogen and oxygen atoms in total. The number of hydrogen-bond acceptors (Lipinski definition) is 4. The molecule has 2 heterocycles. The molecule has 0 aliphatic carbocycles. The first-order chi connectivity index (χ1) is 9.74. The summed E-state index contributed by atoms with van der Waals surface area (Å²) in [4.78, 5) is 18.0. The summed E-state index contributed by atoms with van der Waals surface area (Å²) >= 11 is 0. The second-order valence-electron chi connectivity index (χ2n) is 5.02. The van der Waals surface area contributed by atoms with Crippen molar-refractivity contribution in [3.8, 4) is 0 Å². The largest absolute Gasteiger partial charge is 0.480 e. The van der Waals surface area contributed by atoms with Gasteiger partial charge in [0, 0.05) is 26.2 Å². The van der Waals surface area contributed by atoms with Gasteiger partial charge in [0.25, 0.3) is 0 Å². The van der Waals surface area contributed by atoms with Gasteiger partial charge in [-0.25, -0.2) is 4.98 Å². The molecular formula is C14H18N4O2. The Balaban J connectivity index is 1.93. The van der Waals surface area contributed by atoms with Gasteiger partial charge in [0.15, 0.2) is 0 Å². The van der Waals surface area contributed by atoms with Crippen LogP contribution in [-0.4, -0.2) is 51.7 Å². The lowest BCUT2D eigenvalue weighted by atomic mass is 10.3. The van der Waals surface area contributed by atoms with Crippen LogP contribution in [0.2, 0.25) is 0 Å². The monoisotopic (exact) mass is 274 g/mol. The third-order valence-corrected chi connectivity index (χ3v) is 3.60. The predicted molar refractivity (Wildman–Crippen MR) is 75.5 cm³/mol. The molecule has 1 aromatic heterocycles. The minimum Gasteiger partial charge on any atom is -0.480 e. The lowest BCUT2D eigenvalue weighted by molar-refractivity contribution is -0.137. The highest BCUT2D eigenvalue weighted by molar-refractivity contribution is 5.78. The first-order valence-electron chi connectivity index (χ1n) is 6.83. The van der Waals surface area contributed by atoms with Gasteiger partial charge >= 0.3 is 5.97 Å². The Morgan fingerprint density at radius 3 is 2.80 bits per heavy atom. The number of aliphatic carboxylic acids is 1. The highest BCUT2D eigenvalue weighted by atomic mass is 16.4. The lowest BCUT2D eigenvalue weighted by Gasteiger charge is -2.26. The van der Waals surface area contributed by atoms with E-state index in [0.29, 0.717) is 6.54 Å². The minimum absolute atomic E-state index is 0.0397. The zero-order valence-electron chi connectivity index (χ0n) is 11.2. The van der Waals surface area contributed by atoms with Gasteiger partial charge in [-0.2, -0.15) is 0 Å². The molecule has 0 saturated carbocycles. The molecule has 1 aliphatic rings. The third-order valence-electron chi connectivity index (χ3n) is 3.60. The van der Waals surface area contributed by atoms with Crippen molar-refractivity contribution in [3.63, 3.8) is 0 Å². The standard InChI is InChI=1S/C14H18N4O2/c19-14(20)10-18-12-4-2-1-3-11(12)16-13(18)9-17-7-5-15-6-8-17/h1-4,15H,5-10H2,(H,19,20). The van der Waals surface area contributed by atoms with Crippen LogP contribution in [0.3, 0.4) is 0 Å². The van der Waals surface area contributed by atoms with E-state index in [2.05, 4.69) is 15.2 Å². The number of benzene rings is 1. The van der Waals surface area contributed by atoms with Crippen LogP contribution in [0.4, 0.5) is 0 Å². The van der Waals surface area contributed by atoms with Crippen LogP contribution < -0.4 is 5.32 Å². The first kappa shape index (κ1) is 13.1. The number of para-hydroxylation sites is 2. The van der Waals surface area contributed by atoms with Gasteiger partial charge in [-0.15, -0.1) is 0 Å². The fourth-order valence-corrected chi connectivity index (χ4v) is 2.63. The van der Waals surface area contributed by atoms with Gasteiger partial charge in [0.1, 0.15) is 12.4 Å². The summed E-state index contributed by atoms with van der Waals surface area (Å²) in [7, 11) is 0. The zero-order chi connectivity index (χ0) is 13.9. The smallest absolute Gasteiger partial charge is 0.323 e. The van der Waals surface area contributed by atoms with Gasteiger partial charge in [-0.05, 0) is 12.1 Å². The van der Waals surface area contributed by atoms with Crippen LogP contribution in [0.15, 0.2) is 24.3 Å². The predicted octanol–water partition coefficient (Wildman–Crippen LogP) is 0.526. The lowest BCUT2D eigenvalue weighted by Crippen LogP contribution is -2.43. The second-order valence-corrected chi connectivity index (χ2v) is 5.02. The molecule has 1 fully saturated rings. The number of imidazole rings is 1. The number of rotatable bonds is 4. The van der Waals surface area contributed by atoms with Crippen molar-refractivity contribution in [3.05, 3.63) is 30.1 Å². The van der Waals surface area contributed by atoms with Crippen LogP contribution in [0.5, 0.6) is 0 Å². The zero-order valence-corrected chi connectivity index (χ0v) is 11.2. The number of hydrogen-bond donors (Lipinski definition) is 2. The summed E-state index contributed by atoms with van der Waals surface area (Å²) in [6.07, 6.45) is 0. The van der Waals surface area contributed by atoms with E-state index in [9.17, 15) is 4.79 Å². The summed E-state index contributed by atoms with van der Waals surface area (Å²) < 4.78 is 1.81. The van der Waals surface area contributed by atoms with Crippen molar-refractivity contribution in [1.29, 1.82) is 0 Å². The van der Waals surface area contributed by atoms with Crippen molar-refractivity contribution in [2.24, 2.45) is 0 Å². The normalized spacial score (nSPS) is 16.6. The molecule has 0 radical (unpaired) electrons. The number of aromatic nitrogens is 2. The maximum absolute atomic E-state index is 11.1. The summed E-state index contributed by atoms with van der Waals surface area (Å²) in [5, 5.41) is 12.4. The van der Waals surface area contributed by atoms with Crippen molar-refractivity contribution in [2.45, 2.75) is 13.1 Å². The van der Waals surface area contributed by atoms with E-state index in [0.717, 1.165) is 43.0 Å². The molecule has 0 bridgehead atoms. The molecule has 3 rings (SSSR count). The number of fused-ring (bicyclic) bond motifs is 1. The van der Waals surface area contributed by atoms with Crippen LogP contribution >= 0.6 is 0 Å². The van der Waals surface area contributed by atoms with Crippen molar-refractivity contribution < 1.29 is 9.90 Å². The Kier molecular flexibility index (Phi) is 3.66. The van der Waals surface area contributed by atoms with E-state index in [1.54, 1.807) is 4.57 Å². The summed E-state index contributed by atoms with van der Waals surface area (Å²) in [5.41, 5.74) is 1.75. The van der Waals surface area contributed by atoms with Crippen LogP contribution in [0.1, 0.15) is 5.82 Å². The quantitative estimate of drug-likeness (QED) is 0.851. The second kappa shape index (κ2) is 5.60.